The molecule has 9 aromatic heterocycles. The van der Waals surface area contributed by atoms with Crippen molar-refractivity contribution in [3.05, 3.63) is 382 Å². The number of para-hydroxylation sites is 5. The zero-order valence-electron chi connectivity index (χ0n) is 68.7. The average Bonchev–Trinajstić information content (AvgIpc) is 1.54. The van der Waals surface area contributed by atoms with Gasteiger partial charge in [0.1, 0.15) is 22.3 Å². The lowest BCUT2D eigenvalue weighted by Crippen LogP contribution is -1.95. The van der Waals surface area contributed by atoms with Gasteiger partial charge in [0.15, 0.2) is 0 Å². The first-order chi connectivity index (χ1) is 64.0. The van der Waals surface area contributed by atoms with E-state index in [-0.39, 0.29) is 0 Å². The van der Waals surface area contributed by atoms with Gasteiger partial charge in [0, 0.05) is 146 Å². The van der Waals surface area contributed by atoms with Gasteiger partial charge in [-0.3, -0.25) is 0 Å². The molecule has 3 aliphatic rings. The van der Waals surface area contributed by atoms with Crippen LogP contribution < -0.4 is 0 Å². The molecule has 9 heterocycles. The first-order valence-corrected chi connectivity index (χ1v) is 47.4. The van der Waals surface area contributed by atoms with Crippen molar-refractivity contribution in [3.63, 3.8) is 0 Å². The van der Waals surface area contributed by atoms with E-state index in [2.05, 4.69) is 384 Å². The predicted octanol–water partition coefficient (Wildman–Crippen LogP) is 36.0. The second-order valence-corrected chi connectivity index (χ2v) is 39.1. The summed E-state index contributed by atoms with van der Waals surface area (Å²) in [6.07, 6.45) is 0. The molecular weight excluding hydrogens is 1640 g/mol. The molecule has 9 heteroatoms. The van der Waals surface area contributed by atoms with Gasteiger partial charge in [0.05, 0.1) is 60.9 Å². The lowest BCUT2D eigenvalue weighted by molar-refractivity contribution is 0.672. The number of fused-ring (bicyclic) bond motifs is 42. The summed E-state index contributed by atoms with van der Waals surface area (Å²) >= 11 is 7.62. The largest absolute Gasteiger partial charge is 0.455 e. The first kappa shape index (κ1) is 69.6. The Morgan fingerprint density at radius 1 is 0.155 bits per heavy atom. The zero-order valence-corrected chi connectivity index (χ0v) is 71.9. The third-order valence-corrected chi connectivity index (χ3v) is 33.3. The quantitative estimate of drug-likeness (QED) is 0.177. The molecule has 0 unspecified atom stereocenters. The minimum absolute atomic E-state index is 0.928. The van der Waals surface area contributed by atoms with Gasteiger partial charge in [-0.1, -0.05) is 267 Å². The standard InChI is InChI=1S/2C40H21NOS.C40H21NS2/c1-4-13-30-27(9-1)38-32(20-16-25-22-8-2-5-14-33(22)42-40(25)38)41(30)31-19-17-29-36-23(11-7-12-26(31)36)24-18-21-35-39(37(24)29)28-10-3-6-15-34(28)43-35;1-4-13-30-27(9-1)38-32(20-17-25-22-8-2-5-14-33(22)42-40(25)38)41(30)31-19-16-23-24-18-21-35-39(28-10-3-6-15-34(28)43-35)37(24)29-12-7-11-26(31)36(23)29;1-4-13-31-29(10-1)38-33(21-19-27-23-9-3-6-15-35(23)43-40(27)38)41(31)32-20-18-24-25-16-17-26-22-8-2-5-14-34(22)42-39(26)37(25)30-12-7-11-28(32)36(24)30/h3*1-21H. The third kappa shape index (κ3) is 9.15. The Labute approximate surface area is 750 Å². The minimum Gasteiger partial charge on any atom is -0.455 e. The van der Waals surface area contributed by atoms with Crippen molar-refractivity contribution >= 4 is 268 Å². The lowest BCUT2D eigenvalue weighted by Gasteiger charge is -2.13. The van der Waals surface area contributed by atoms with Crippen molar-refractivity contribution in [1.29, 1.82) is 0 Å². The Morgan fingerprint density at radius 2 is 0.473 bits per heavy atom. The van der Waals surface area contributed by atoms with Crippen LogP contribution in [0.5, 0.6) is 0 Å². The molecule has 21 aromatic carbocycles. The normalized spacial score (nSPS) is 12.7. The van der Waals surface area contributed by atoms with Gasteiger partial charge >= 0.3 is 0 Å². The van der Waals surface area contributed by atoms with E-state index >= 15 is 0 Å². The molecule has 0 bridgehead atoms. The fourth-order valence-electron chi connectivity index (χ4n) is 23.5. The summed E-state index contributed by atoms with van der Waals surface area (Å²) < 4.78 is 31.4. The fourth-order valence-corrected chi connectivity index (χ4v) is 28.2. The topological polar surface area (TPSA) is 41.1 Å². The minimum atomic E-state index is 0.928. The van der Waals surface area contributed by atoms with Crippen LogP contribution >= 0.6 is 45.3 Å². The van der Waals surface area contributed by atoms with Crippen molar-refractivity contribution < 1.29 is 8.83 Å². The highest BCUT2D eigenvalue weighted by Crippen LogP contribution is 2.60. The molecule has 129 heavy (non-hydrogen) atoms. The number of nitrogens with zero attached hydrogens (tertiary/aromatic N) is 3. The van der Waals surface area contributed by atoms with Crippen LogP contribution in [0.4, 0.5) is 0 Å². The molecule has 0 atom stereocenters. The van der Waals surface area contributed by atoms with Crippen LogP contribution in [-0.4, -0.2) is 13.7 Å². The van der Waals surface area contributed by atoms with Crippen molar-refractivity contribution in [1.82, 2.24) is 13.7 Å². The van der Waals surface area contributed by atoms with E-state index in [9.17, 15) is 0 Å². The molecule has 0 radical (unpaired) electrons. The Kier molecular flexibility index (Phi) is 13.8. The van der Waals surface area contributed by atoms with Crippen molar-refractivity contribution in [3.8, 4) is 83.8 Å². The molecule has 0 saturated heterocycles. The Morgan fingerprint density at radius 3 is 0.961 bits per heavy atom. The molecule has 0 aliphatic heterocycles. The third-order valence-electron chi connectivity index (χ3n) is 28.6. The summed E-state index contributed by atoms with van der Waals surface area (Å²) in [5, 5.41) is 30.8. The van der Waals surface area contributed by atoms with Gasteiger partial charge in [0.2, 0.25) is 0 Å². The van der Waals surface area contributed by atoms with Crippen LogP contribution in [0, 0.1) is 0 Å². The Bertz CT molecular complexity index is 10000. The van der Waals surface area contributed by atoms with Crippen LogP contribution in [0.15, 0.2) is 391 Å². The molecule has 0 saturated carbocycles. The van der Waals surface area contributed by atoms with Crippen LogP contribution in [0.3, 0.4) is 0 Å². The highest BCUT2D eigenvalue weighted by Gasteiger charge is 2.33. The van der Waals surface area contributed by atoms with E-state index < -0.39 is 0 Å². The van der Waals surface area contributed by atoms with Gasteiger partial charge in [-0.25, -0.2) is 0 Å². The van der Waals surface area contributed by atoms with Gasteiger partial charge in [-0.05, 0) is 193 Å². The number of hydrogen-bond donors (Lipinski definition) is 0. The molecule has 594 valence electrons. The highest BCUT2D eigenvalue weighted by molar-refractivity contribution is 7.27. The van der Waals surface area contributed by atoms with Crippen molar-refractivity contribution in [2.24, 2.45) is 0 Å². The molecule has 0 fully saturated rings. The number of furan rings is 2. The summed E-state index contributed by atoms with van der Waals surface area (Å²) in [6.45, 7) is 0. The van der Waals surface area contributed by atoms with E-state index in [1.54, 1.807) is 0 Å². The molecule has 30 aromatic rings. The highest BCUT2D eigenvalue weighted by atomic mass is 32.1. The summed E-state index contributed by atoms with van der Waals surface area (Å²) in [5.74, 6) is 0. The van der Waals surface area contributed by atoms with E-state index in [0.29, 0.717) is 0 Å². The van der Waals surface area contributed by atoms with Gasteiger partial charge in [-0.2, -0.15) is 0 Å². The van der Waals surface area contributed by atoms with Crippen LogP contribution in [0.1, 0.15) is 0 Å². The van der Waals surface area contributed by atoms with E-state index in [1.807, 2.05) is 57.5 Å². The molecule has 3 aliphatic carbocycles. The SMILES string of the molecule is c1ccc2c(c1)oc1c2ccc2c1c1ccccc1n2-c1ccc2c3c(cccc13)-c1c-2ccc2sc3ccccc3c12.c1ccc2c(c1)oc1c2ccc2c1c1ccccc1n2-c1ccc2c3c(cccc13)-c1ccc3sc4ccccc4c3c1-2.c1ccc2c(c1)sc1c3c(ccc12)-c1ccc(-n2c4ccccc4c4c5sc6ccccc6c5ccc42)c2cccc-3c12. The second kappa shape index (κ2) is 25.5. The van der Waals surface area contributed by atoms with Crippen LogP contribution in [-0.2, 0) is 0 Å². The van der Waals surface area contributed by atoms with Crippen molar-refractivity contribution in [2.45, 2.75) is 0 Å². The summed E-state index contributed by atoms with van der Waals surface area (Å²) in [4.78, 5) is 0. The Hall–Kier alpha value is -15.7. The molecule has 0 spiro atoms. The molecular formula is C120H63N3O2S4. The zero-order chi connectivity index (χ0) is 83.4. The average molecular weight is 1710 g/mol. The lowest BCUT2D eigenvalue weighted by atomic mass is 9.98. The molecule has 0 amide bonds. The maximum Gasteiger partial charge on any atom is 0.145 e. The molecule has 33 rings (SSSR count). The Balaban J connectivity index is 0.0000000919. The van der Waals surface area contributed by atoms with Crippen LogP contribution in [0.2, 0.25) is 0 Å². The summed E-state index contributed by atoms with van der Waals surface area (Å²) in [5.41, 5.74) is 30.8. The van der Waals surface area contributed by atoms with E-state index in [1.165, 1.54) is 251 Å². The summed E-state index contributed by atoms with van der Waals surface area (Å²) in [6, 6.07) is 141. The maximum atomic E-state index is 6.56. The van der Waals surface area contributed by atoms with E-state index in [0.717, 1.165) is 54.9 Å². The van der Waals surface area contributed by atoms with Crippen molar-refractivity contribution in [2.75, 3.05) is 0 Å². The van der Waals surface area contributed by atoms with Gasteiger partial charge < -0.3 is 22.5 Å². The fraction of sp³-hybridized carbons (Fsp3) is 0. The number of thiophene rings is 4. The van der Waals surface area contributed by atoms with Gasteiger partial charge in [0.25, 0.3) is 0 Å². The number of hydrogen-bond acceptors (Lipinski definition) is 6. The second-order valence-electron chi connectivity index (χ2n) is 34.8. The molecule has 0 N–H and O–H groups in total. The first-order valence-electron chi connectivity index (χ1n) is 44.1. The number of rotatable bonds is 3. The van der Waals surface area contributed by atoms with Gasteiger partial charge in [-0.15, -0.1) is 45.3 Å². The smallest absolute Gasteiger partial charge is 0.145 e. The van der Waals surface area contributed by atoms with Crippen LogP contribution in [0.25, 0.3) is 306 Å². The molecule has 5 nitrogen and oxygen atoms in total. The summed E-state index contributed by atoms with van der Waals surface area (Å²) in [7, 11) is 0. The monoisotopic (exact) mass is 1710 g/mol. The number of aromatic nitrogens is 3. The maximum absolute atomic E-state index is 6.56. The van der Waals surface area contributed by atoms with E-state index in [4.69, 9.17) is 8.83 Å². The predicted molar refractivity (Wildman–Crippen MR) is 554 cm³/mol. The number of benzene rings is 21.